The van der Waals surface area contributed by atoms with Crippen molar-refractivity contribution in [2.75, 3.05) is 20.8 Å². The van der Waals surface area contributed by atoms with Gasteiger partial charge in [0.1, 0.15) is 17.5 Å². The van der Waals surface area contributed by atoms with Crippen LogP contribution in [0.4, 0.5) is 0 Å². The molecule has 0 bridgehead atoms. The zero-order chi connectivity index (χ0) is 17.4. The Hall–Kier alpha value is -2.06. The van der Waals surface area contributed by atoms with Gasteiger partial charge in [-0.15, -0.1) is 24.8 Å². The summed E-state index contributed by atoms with van der Waals surface area (Å²) in [5.41, 5.74) is 6.48. The van der Waals surface area contributed by atoms with Crippen LogP contribution < -0.4 is 20.5 Å². The summed E-state index contributed by atoms with van der Waals surface area (Å²) in [6.45, 7) is 0.514. The number of benzene rings is 1. The fraction of sp³-hybridized carbons (Fsp3) is 0.294. The number of hydrogen-bond donors (Lipinski definition) is 2. The first-order chi connectivity index (χ1) is 11.6. The van der Waals surface area contributed by atoms with Gasteiger partial charge in [-0.2, -0.15) is 0 Å². The van der Waals surface area contributed by atoms with E-state index in [1.807, 2.05) is 24.3 Å². The van der Waals surface area contributed by atoms with Crippen LogP contribution in [0, 0.1) is 0 Å². The first-order valence-corrected chi connectivity index (χ1v) is 7.41. The van der Waals surface area contributed by atoms with Gasteiger partial charge in [-0.05, 0) is 17.7 Å². The van der Waals surface area contributed by atoms with Crippen molar-refractivity contribution in [3.05, 3.63) is 48.2 Å². The number of rotatable bonds is 8. The quantitative estimate of drug-likeness (QED) is 0.701. The molecule has 1 unspecified atom stereocenters. The molecular weight excluding hydrogens is 381 g/mol. The summed E-state index contributed by atoms with van der Waals surface area (Å²) < 4.78 is 15.6. The fourth-order valence-electron chi connectivity index (χ4n) is 1.94. The standard InChI is InChI=1S/C17H21N3O4.2ClH/c1-22-11-15(18)17(21)20-10-12-6-7-16(19-9-12)24-14-5-3-4-13(8-14)23-2;;/h3-9,15H,10-11,18H2,1-2H3,(H,20,21);2*1H. The van der Waals surface area contributed by atoms with Crippen molar-refractivity contribution in [2.24, 2.45) is 5.73 Å². The van der Waals surface area contributed by atoms with Crippen molar-refractivity contribution < 1.29 is 19.0 Å². The fourth-order valence-corrected chi connectivity index (χ4v) is 1.94. The predicted octanol–water partition coefficient (Wildman–Crippen LogP) is 2.32. The van der Waals surface area contributed by atoms with Gasteiger partial charge in [-0.1, -0.05) is 12.1 Å². The third-order valence-electron chi connectivity index (χ3n) is 3.21. The second-order valence-corrected chi connectivity index (χ2v) is 5.07. The molecule has 1 amide bonds. The van der Waals surface area contributed by atoms with E-state index in [0.29, 0.717) is 23.9 Å². The maximum Gasteiger partial charge on any atom is 0.239 e. The molecule has 26 heavy (non-hydrogen) atoms. The van der Waals surface area contributed by atoms with Crippen LogP contribution in [0.25, 0.3) is 0 Å². The lowest BCUT2D eigenvalue weighted by molar-refractivity contribution is -0.123. The molecular formula is C17H23Cl2N3O4. The van der Waals surface area contributed by atoms with Gasteiger partial charge >= 0.3 is 0 Å². The molecule has 3 N–H and O–H groups in total. The minimum Gasteiger partial charge on any atom is -0.497 e. The van der Waals surface area contributed by atoms with Crippen molar-refractivity contribution in [1.82, 2.24) is 10.3 Å². The average Bonchev–Trinajstić information content (AvgIpc) is 2.61. The Morgan fingerprint density at radius 2 is 1.92 bits per heavy atom. The maximum absolute atomic E-state index is 11.7. The van der Waals surface area contributed by atoms with Crippen LogP contribution in [0.15, 0.2) is 42.6 Å². The number of methoxy groups -OCH3 is 2. The molecule has 144 valence electrons. The molecule has 0 aliphatic heterocycles. The van der Waals surface area contributed by atoms with Crippen LogP contribution in [0.3, 0.4) is 0 Å². The van der Waals surface area contributed by atoms with Crippen LogP contribution >= 0.6 is 24.8 Å². The van der Waals surface area contributed by atoms with E-state index in [0.717, 1.165) is 5.56 Å². The highest BCUT2D eigenvalue weighted by Gasteiger charge is 2.12. The molecule has 2 rings (SSSR count). The highest BCUT2D eigenvalue weighted by Crippen LogP contribution is 2.23. The Morgan fingerprint density at radius 3 is 2.54 bits per heavy atom. The summed E-state index contributed by atoms with van der Waals surface area (Å²) in [7, 11) is 3.09. The number of nitrogens with two attached hydrogens (primary N) is 1. The molecule has 1 atom stereocenters. The lowest BCUT2D eigenvalue weighted by Crippen LogP contribution is -2.43. The van der Waals surface area contributed by atoms with Crippen LogP contribution in [-0.2, 0) is 16.1 Å². The Morgan fingerprint density at radius 1 is 1.19 bits per heavy atom. The van der Waals surface area contributed by atoms with Gasteiger partial charge in [0.2, 0.25) is 11.8 Å². The average molecular weight is 404 g/mol. The smallest absolute Gasteiger partial charge is 0.239 e. The molecule has 0 spiro atoms. The van der Waals surface area contributed by atoms with Gasteiger partial charge in [-0.3, -0.25) is 4.79 Å². The molecule has 7 nitrogen and oxygen atoms in total. The summed E-state index contributed by atoms with van der Waals surface area (Å²) in [6.07, 6.45) is 1.64. The molecule has 0 fully saturated rings. The second-order valence-electron chi connectivity index (χ2n) is 5.07. The van der Waals surface area contributed by atoms with Crippen LogP contribution in [-0.4, -0.2) is 37.8 Å². The summed E-state index contributed by atoms with van der Waals surface area (Å²) in [5, 5.41) is 2.73. The molecule has 1 heterocycles. The summed E-state index contributed by atoms with van der Waals surface area (Å²) in [5.74, 6) is 1.52. The van der Waals surface area contributed by atoms with Crippen LogP contribution in [0.2, 0.25) is 0 Å². The predicted molar refractivity (Wildman–Crippen MR) is 103 cm³/mol. The SMILES string of the molecule is COCC(N)C(=O)NCc1ccc(Oc2cccc(OC)c2)nc1.Cl.Cl. The van der Waals surface area contributed by atoms with Crippen molar-refractivity contribution >= 4 is 30.7 Å². The summed E-state index contributed by atoms with van der Waals surface area (Å²) >= 11 is 0. The number of nitrogens with one attached hydrogen (secondary N) is 1. The molecule has 0 saturated heterocycles. The van der Waals surface area contributed by atoms with E-state index in [1.165, 1.54) is 7.11 Å². The maximum atomic E-state index is 11.7. The van der Waals surface area contributed by atoms with E-state index >= 15 is 0 Å². The van der Waals surface area contributed by atoms with Gasteiger partial charge in [0.05, 0.1) is 13.7 Å². The van der Waals surface area contributed by atoms with Crippen molar-refractivity contribution in [2.45, 2.75) is 12.6 Å². The first kappa shape index (κ1) is 23.9. The number of nitrogens with zero attached hydrogens (tertiary/aromatic N) is 1. The van der Waals surface area contributed by atoms with Gasteiger partial charge in [0.15, 0.2) is 0 Å². The Balaban J connectivity index is 0.00000312. The van der Waals surface area contributed by atoms with Gasteiger partial charge in [0.25, 0.3) is 0 Å². The van der Waals surface area contributed by atoms with Gasteiger partial charge in [-0.25, -0.2) is 4.98 Å². The monoisotopic (exact) mass is 403 g/mol. The number of aromatic nitrogens is 1. The summed E-state index contributed by atoms with van der Waals surface area (Å²) in [6, 6.07) is 10.1. The number of halogens is 2. The number of carbonyl (C=O) groups excluding carboxylic acids is 1. The summed E-state index contributed by atoms with van der Waals surface area (Å²) in [4.78, 5) is 15.9. The van der Waals surface area contributed by atoms with E-state index in [4.69, 9.17) is 19.9 Å². The second kappa shape index (κ2) is 12.3. The Bertz CT molecular complexity index is 671. The van der Waals surface area contributed by atoms with E-state index in [2.05, 4.69) is 10.3 Å². The minimum absolute atomic E-state index is 0. The minimum atomic E-state index is -0.682. The van der Waals surface area contributed by atoms with E-state index < -0.39 is 6.04 Å². The molecule has 2 aromatic rings. The zero-order valence-corrected chi connectivity index (χ0v) is 16.1. The van der Waals surface area contributed by atoms with Gasteiger partial charge in [0, 0.05) is 32.0 Å². The lowest BCUT2D eigenvalue weighted by Gasteiger charge is -2.11. The Kier molecular flexibility index (Phi) is 11.3. The normalized spacial score (nSPS) is 10.7. The lowest BCUT2D eigenvalue weighted by atomic mass is 10.2. The third kappa shape index (κ3) is 7.45. The molecule has 1 aromatic heterocycles. The van der Waals surface area contributed by atoms with Gasteiger partial charge < -0.3 is 25.3 Å². The molecule has 0 aliphatic carbocycles. The largest absolute Gasteiger partial charge is 0.497 e. The number of hydrogen-bond acceptors (Lipinski definition) is 6. The van der Waals surface area contributed by atoms with Crippen LogP contribution in [0.5, 0.6) is 17.4 Å². The van der Waals surface area contributed by atoms with Crippen molar-refractivity contribution in [1.29, 1.82) is 0 Å². The third-order valence-corrected chi connectivity index (χ3v) is 3.21. The Labute approximate surface area is 165 Å². The van der Waals surface area contributed by atoms with Crippen molar-refractivity contribution in [3.63, 3.8) is 0 Å². The molecule has 9 heteroatoms. The number of ether oxygens (including phenoxy) is 3. The number of pyridine rings is 1. The number of amides is 1. The number of carbonyl (C=O) groups is 1. The molecule has 0 aliphatic rings. The first-order valence-electron chi connectivity index (χ1n) is 7.41. The van der Waals surface area contributed by atoms with E-state index in [-0.39, 0.29) is 37.3 Å². The van der Waals surface area contributed by atoms with Crippen molar-refractivity contribution in [3.8, 4) is 17.4 Å². The van der Waals surface area contributed by atoms with E-state index in [1.54, 1.807) is 25.4 Å². The van der Waals surface area contributed by atoms with E-state index in [9.17, 15) is 4.79 Å². The topological polar surface area (TPSA) is 95.7 Å². The molecule has 1 aromatic carbocycles. The highest BCUT2D eigenvalue weighted by atomic mass is 35.5. The molecule has 0 saturated carbocycles. The molecule has 0 radical (unpaired) electrons. The van der Waals surface area contributed by atoms with Crippen LogP contribution in [0.1, 0.15) is 5.56 Å². The zero-order valence-electron chi connectivity index (χ0n) is 14.5. The highest BCUT2D eigenvalue weighted by molar-refractivity contribution is 5.85.